The molecule has 0 bridgehead atoms. The van der Waals surface area contributed by atoms with Crippen LogP contribution in [0.3, 0.4) is 0 Å². The molecule has 3 heterocycles. The van der Waals surface area contributed by atoms with Gasteiger partial charge in [0, 0.05) is 25.0 Å². The van der Waals surface area contributed by atoms with E-state index in [0.717, 1.165) is 24.8 Å². The number of aromatic nitrogens is 2. The number of pyridine rings is 1. The SMILES string of the molecule is O=C(c1coc(COc2cccc(F)c2)n1)N1CCCC[C@H]1c1cccnc1. The predicted molar refractivity (Wildman–Crippen MR) is 99.1 cm³/mol. The fourth-order valence-electron chi connectivity index (χ4n) is 3.42. The van der Waals surface area contributed by atoms with Gasteiger partial charge in [0.2, 0.25) is 5.89 Å². The lowest BCUT2D eigenvalue weighted by Crippen LogP contribution is -2.38. The molecule has 1 aliphatic rings. The summed E-state index contributed by atoms with van der Waals surface area (Å²) in [4.78, 5) is 23.3. The largest absolute Gasteiger partial charge is 0.484 e. The van der Waals surface area contributed by atoms with E-state index in [1.807, 2.05) is 17.0 Å². The zero-order chi connectivity index (χ0) is 19.3. The minimum absolute atomic E-state index is 0.0151. The molecule has 1 fully saturated rings. The number of rotatable bonds is 5. The van der Waals surface area contributed by atoms with Crippen molar-refractivity contribution in [2.75, 3.05) is 6.54 Å². The number of hydrogen-bond donors (Lipinski definition) is 0. The summed E-state index contributed by atoms with van der Waals surface area (Å²) in [5.74, 6) is 0.0860. The molecule has 28 heavy (non-hydrogen) atoms. The Morgan fingerprint density at radius 3 is 3.04 bits per heavy atom. The predicted octanol–water partition coefficient (Wildman–Crippen LogP) is 4.16. The van der Waals surface area contributed by atoms with Gasteiger partial charge in [-0.2, -0.15) is 0 Å². The van der Waals surface area contributed by atoms with Crippen LogP contribution in [0.25, 0.3) is 0 Å². The maximum Gasteiger partial charge on any atom is 0.276 e. The third-order valence-electron chi connectivity index (χ3n) is 4.76. The van der Waals surface area contributed by atoms with Crippen molar-refractivity contribution in [2.45, 2.75) is 31.9 Å². The van der Waals surface area contributed by atoms with E-state index in [1.54, 1.807) is 24.5 Å². The normalized spacial score (nSPS) is 16.8. The van der Waals surface area contributed by atoms with E-state index >= 15 is 0 Å². The van der Waals surface area contributed by atoms with Crippen molar-refractivity contribution in [3.63, 3.8) is 0 Å². The molecule has 0 saturated carbocycles. The Kier molecular flexibility index (Phi) is 5.32. The first-order valence-electron chi connectivity index (χ1n) is 9.24. The summed E-state index contributed by atoms with van der Waals surface area (Å²) in [6.45, 7) is 0.684. The lowest BCUT2D eigenvalue weighted by atomic mass is 9.96. The van der Waals surface area contributed by atoms with Crippen LogP contribution in [0.4, 0.5) is 4.39 Å². The van der Waals surface area contributed by atoms with Gasteiger partial charge in [0.1, 0.15) is 17.8 Å². The molecule has 3 aromatic rings. The van der Waals surface area contributed by atoms with Gasteiger partial charge in [-0.15, -0.1) is 0 Å². The van der Waals surface area contributed by atoms with Gasteiger partial charge in [-0.3, -0.25) is 9.78 Å². The second-order valence-electron chi connectivity index (χ2n) is 6.67. The minimum atomic E-state index is -0.382. The first kappa shape index (κ1) is 18.2. The topological polar surface area (TPSA) is 68.5 Å². The van der Waals surface area contributed by atoms with Gasteiger partial charge in [-0.25, -0.2) is 9.37 Å². The molecule has 6 nitrogen and oxygen atoms in total. The number of likely N-dealkylation sites (tertiary alicyclic amines) is 1. The van der Waals surface area contributed by atoms with Gasteiger partial charge in [0.05, 0.1) is 6.04 Å². The number of carbonyl (C=O) groups is 1. The Bertz CT molecular complexity index is 945. The third kappa shape index (κ3) is 4.03. The third-order valence-corrected chi connectivity index (χ3v) is 4.76. The van der Waals surface area contributed by atoms with Crippen LogP contribution < -0.4 is 4.74 Å². The van der Waals surface area contributed by atoms with Crippen LogP contribution >= 0.6 is 0 Å². The zero-order valence-corrected chi connectivity index (χ0v) is 15.3. The molecule has 1 aromatic carbocycles. The van der Waals surface area contributed by atoms with Gasteiger partial charge in [0.15, 0.2) is 12.3 Å². The lowest BCUT2D eigenvalue weighted by Gasteiger charge is -2.35. The Morgan fingerprint density at radius 1 is 1.29 bits per heavy atom. The lowest BCUT2D eigenvalue weighted by molar-refractivity contribution is 0.0605. The number of piperidine rings is 1. The van der Waals surface area contributed by atoms with Gasteiger partial charge < -0.3 is 14.1 Å². The monoisotopic (exact) mass is 381 g/mol. The highest BCUT2D eigenvalue weighted by Gasteiger charge is 2.30. The average molecular weight is 381 g/mol. The Balaban J connectivity index is 1.45. The van der Waals surface area contributed by atoms with E-state index in [-0.39, 0.29) is 36.0 Å². The second kappa shape index (κ2) is 8.21. The molecule has 1 amide bonds. The van der Waals surface area contributed by atoms with E-state index in [1.165, 1.54) is 18.4 Å². The average Bonchev–Trinajstić information content (AvgIpc) is 3.21. The highest BCUT2D eigenvalue weighted by Crippen LogP contribution is 2.31. The van der Waals surface area contributed by atoms with Crippen molar-refractivity contribution in [1.29, 1.82) is 0 Å². The molecule has 1 aliphatic heterocycles. The van der Waals surface area contributed by atoms with Crippen molar-refractivity contribution < 1.29 is 18.3 Å². The van der Waals surface area contributed by atoms with Crippen LogP contribution in [0.1, 0.15) is 47.2 Å². The first-order chi connectivity index (χ1) is 13.7. The first-order valence-corrected chi connectivity index (χ1v) is 9.24. The molecule has 2 aromatic heterocycles. The van der Waals surface area contributed by atoms with Crippen LogP contribution in [0.2, 0.25) is 0 Å². The quantitative estimate of drug-likeness (QED) is 0.664. The molecule has 1 atom stereocenters. The highest BCUT2D eigenvalue weighted by atomic mass is 19.1. The van der Waals surface area contributed by atoms with Crippen LogP contribution in [-0.2, 0) is 6.61 Å². The Hall–Kier alpha value is -3.22. The van der Waals surface area contributed by atoms with E-state index in [2.05, 4.69) is 9.97 Å². The van der Waals surface area contributed by atoms with Crippen LogP contribution in [0.5, 0.6) is 5.75 Å². The van der Waals surface area contributed by atoms with Crippen molar-refractivity contribution in [1.82, 2.24) is 14.9 Å². The summed E-state index contributed by atoms with van der Waals surface area (Å²) in [6, 6.07) is 9.68. The number of benzene rings is 1. The van der Waals surface area contributed by atoms with Gasteiger partial charge >= 0.3 is 0 Å². The molecule has 0 aliphatic carbocycles. The number of ether oxygens (including phenoxy) is 1. The molecule has 0 spiro atoms. The molecule has 0 N–H and O–H groups in total. The van der Waals surface area contributed by atoms with E-state index < -0.39 is 0 Å². The summed E-state index contributed by atoms with van der Waals surface area (Å²) in [5.41, 5.74) is 1.27. The maximum atomic E-state index is 13.2. The number of nitrogens with zero attached hydrogens (tertiary/aromatic N) is 3. The summed E-state index contributed by atoms with van der Waals surface area (Å²) in [6.07, 6.45) is 7.79. The number of halogens is 1. The van der Waals surface area contributed by atoms with Crippen molar-refractivity contribution in [3.8, 4) is 5.75 Å². The standard InChI is InChI=1S/C21H20FN3O3/c22-16-6-3-7-17(11-16)27-14-20-24-18(13-28-20)21(26)25-10-2-1-8-19(25)15-5-4-9-23-12-15/h3-7,9,11-13,19H,1-2,8,10,14H2/t19-/m0/s1. The number of oxazole rings is 1. The number of carbonyl (C=O) groups excluding carboxylic acids is 1. The number of hydrogen-bond acceptors (Lipinski definition) is 5. The summed E-state index contributed by atoms with van der Waals surface area (Å²) < 4.78 is 24.1. The van der Waals surface area contributed by atoms with E-state index in [0.29, 0.717) is 12.3 Å². The minimum Gasteiger partial charge on any atom is -0.484 e. The molecular weight excluding hydrogens is 361 g/mol. The van der Waals surface area contributed by atoms with E-state index in [4.69, 9.17) is 9.15 Å². The van der Waals surface area contributed by atoms with Gasteiger partial charge in [0.25, 0.3) is 5.91 Å². The summed E-state index contributed by atoms with van der Waals surface area (Å²) in [7, 11) is 0. The molecule has 1 saturated heterocycles. The molecule has 7 heteroatoms. The number of amides is 1. The van der Waals surface area contributed by atoms with Crippen LogP contribution in [0, 0.1) is 5.82 Å². The fraction of sp³-hybridized carbons (Fsp3) is 0.286. The smallest absolute Gasteiger partial charge is 0.276 e. The van der Waals surface area contributed by atoms with Crippen LogP contribution in [-0.4, -0.2) is 27.3 Å². The fourth-order valence-corrected chi connectivity index (χ4v) is 3.42. The van der Waals surface area contributed by atoms with Crippen molar-refractivity contribution in [2.24, 2.45) is 0 Å². The zero-order valence-electron chi connectivity index (χ0n) is 15.3. The van der Waals surface area contributed by atoms with Gasteiger partial charge in [-0.05, 0) is 43.0 Å². The molecule has 0 unspecified atom stereocenters. The summed E-state index contributed by atoms with van der Waals surface area (Å²) in [5, 5.41) is 0. The van der Waals surface area contributed by atoms with Crippen molar-refractivity contribution in [3.05, 3.63) is 78.0 Å². The second-order valence-corrected chi connectivity index (χ2v) is 6.67. The molecule has 144 valence electrons. The molecule has 0 radical (unpaired) electrons. The van der Waals surface area contributed by atoms with Crippen LogP contribution in [0.15, 0.2) is 59.5 Å². The Labute approximate surface area is 162 Å². The molecular formula is C21H20FN3O3. The van der Waals surface area contributed by atoms with E-state index in [9.17, 15) is 9.18 Å². The summed E-state index contributed by atoms with van der Waals surface area (Å²) >= 11 is 0. The maximum absolute atomic E-state index is 13.2. The highest BCUT2D eigenvalue weighted by molar-refractivity contribution is 5.92. The molecule has 4 rings (SSSR count). The van der Waals surface area contributed by atoms with Crippen molar-refractivity contribution >= 4 is 5.91 Å². The Morgan fingerprint density at radius 2 is 2.21 bits per heavy atom. The van der Waals surface area contributed by atoms with Gasteiger partial charge in [-0.1, -0.05) is 12.1 Å².